The van der Waals surface area contributed by atoms with Gasteiger partial charge in [0, 0.05) is 19.2 Å². The van der Waals surface area contributed by atoms with Crippen LogP contribution in [-0.2, 0) is 9.47 Å². The van der Waals surface area contributed by atoms with E-state index in [1.807, 2.05) is 6.92 Å². The van der Waals surface area contributed by atoms with Crippen LogP contribution in [0.25, 0.3) is 0 Å². The molecule has 1 aliphatic carbocycles. The number of rotatable bonds is 9. The van der Waals surface area contributed by atoms with Crippen molar-refractivity contribution in [2.75, 3.05) is 33.5 Å². The molecule has 0 bridgehead atoms. The standard InChI is InChI=1S/C15H31NO4/c1-12-5-4-6-15(7-12,11-17)16-8-14(18)10-20-13(2)9-19-3/h12-14,16-18H,4-11H2,1-3H3. The lowest BCUT2D eigenvalue weighted by Gasteiger charge is -2.40. The van der Waals surface area contributed by atoms with E-state index in [9.17, 15) is 10.2 Å². The SMILES string of the molecule is COCC(C)OCC(O)CNC1(CO)CCCC(C)C1. The fourth-order valence-electron chi connectivity index (χ4n) is 2.97. The maximum Gasteiger partial charge on any atom is 0.0898 e. The Hall–Kier alpha value is -0.200. The van der Waals surface area contributed by atoms with E-state index in [0.717, 1.165) is 19.3 Å². The average Bonchev–Trinajstić information content (AvgIpc) is 2.43. The van der Waals surface area contributed by atoms with Gasteiger partial charge in [0.25, 0.3) is 0 Å². The van der Waals surface area contributed by atoms with Crippen molar-refractivity contribution >= 4 is 0 Å². The number of hydrogen-bond donors (Lipinski definition) is 3. The van der Waals surface area contributed by atoms with Crippen molar-refractivity contribution < 1.29 is 19.7 Å². The molecule has 0 aromatic carbocycles. The lowest BCUT2D eigenvalue weighted by molar-refractivity contribution is -0.0348. The predicted molar refractivity (Wildman–Crippen MR) is 78.7 cm³/mol. The first-order valence-corrected chi connectivity index (χ1v) is 7.66. The molecule has 120 valence electrons. The van der Waals surface area contributed by atoms with Crippen molar-refractivity contribution in [2.24, 2.45) is 5.92 Å². The highest BCUT2D eigenvalue weighted by atomic mass is 16.5. The van der Waals surface area contributed by atoms with Gasteiger partial charge in [-0.15, -0.1) is 0 Å². The van der Waals surface area contributed by atoms with E-state index in [-0.39, 0.29) is 24.9 Å². The number of nitrogens with one attached hydrogen (secondary N) is 1. The van der Waals surface area contributed by atoms with Crippen molar-refractivity contribution in [2.45, 2.75) is 57.3 Å². The van der Waals surface area contributed by atoms with Crippen LogP contribution < -0.4 is 5.32 Å². The summed E-state index contributed by atoms with van der Waals surface area (Å²) >= 11 is 0. The monoisotopic (exact) mass is 289 g/mol. The number of β-amino-alcohol motifs (C(OH)–C–C–N with tert-alkyl or cyclic N) is 1. The normalized spacial score (nSPS) is 30.1. The lowest BCUT2D eigenvalue weighted by Crippen LogP contribution is -2.54. The third kappa shape index (κ3) is 6.06. The summed E-state index contributed by atoms with van der Waals surface area (Å²) in [6.07, 6.45) is 3.72. The summed E-state index contributed by atoms with van der Waals surface area (Å²) in [4.78, 5) is 0. The first-order valence-electron chi connectivity index (χ1n) is 7.66. The molecule has 0 aromatic rings. The first kappa shape index (κ1) is 17.9. The number of ether oxygens (including phenoxy) is 2. The quantitative estimate of drug-likeness (QED) is 0.589. The Morgan fingerprint density at radius 2 is 2.15 bits per heavy atom. The number of hydrogen-bond acceptors (Lipinski definition) is 5. The van der Waals surface area contributed by atoms with E-state index < -0.39 is 6.10 Å². The molecular weight excluding hydrogens is 258 g/mol. The molecule has 0 radical (unpaired) electrons. The van der Waals surface area contributed by atoms with Gasteiger partial charge >= 0.3 is 0 Å². The molecule has 1 fully saturated rings. The van der Waals surface area contributed by atoms with Crippen molar-refractivity contribution in [3.63, 3.8) is 0 Å². The van der Waals surface area contributed by atoms with Gasteiger partial charge < -0.3 is 25.0 Å². The zero-order valence-corrected chi connectivity index (χ0v) is 13.1. The Kier molecular flexibility index (Phi) is 7.99. The van der Waals surface area contributed by atoms with Gasteiger partial charge in [-0.05, 0) is 25.7 Å². The molecule has 20 heavy (non-hydrogen) atoms. The third-order valence-corrected chi connectivity index (χ3v) is 4.08. The van der Waals surface area contributed by atoms with Gasteiger partial charge in [-0.1, -0.05) is 19.8 Å². The fourth-order valence-corrected chi connectivity index (χ4v) is 2.97. The van der Waals surface area contributed by atoms with E-state index in [4.69, 9.17) is 9.47 Å². The molecular formula is C15H31NO4. The van der Waals surface area contributed by atoms with Crippen LogP contribution in [0.4, 0.5) is 0 Å². The van der Waals surface area contributed by atoms with Crippen LogP contribution in [0.2, 0.25) is 0 Å². The van der Waals surface area contributed by atoms with E-state index >= 15 is 0 Å². The van der Waals surface area contributed by atoms with Crippen molar-refractivity contribution in [1.29, 1.82) is 0 Å². The van der Waals surface area contributed by atoms with Crippen LogP contribution in [0.1, 0.15) is 39.5 Å². The summed E-state index contributed by atoms with van der Waals surface area (Å²) in [7, 11) is 1.63. The highest BCUT2D eigenvalue weighted by Gasteiger charge is 2.34. The second-order valence-corrected chi connectivity index (χ2v) is 6.27. The summed E-state index contributed by atoms with van der Waals surface area (Å²) in [5.74, 6) is 0.624. The predicted octanol–water partition coefficient (Wildman–Crippen LogP) is 0.930. The minimum absolute atomic E-state index is 0.0174. The van der Waals surface area contributed by atoms with Gasteiger partial charge in [0.2, 0.25) is 0 Å². The molecule has 0 spiro atoms. The molecule has 0 aliphatic heterocycles. The molecule has 3 N–H and O–H groups in total. The van der Waals surface area contributed by atoms with Gasteiger partial charge in [-0.2, -0.15) is 0 Å². The van der Waals surface area contributed by atoms with Gasteiger partial charge in [-0.3, -0.25) is 0 Å². The largest absolute Gasteiger partial charge is 0.394 e. The molecule has 0 saturated heterocycles. The Labute approximate surface area is 122 Å². The summed E-state index contributed by atoms with van der Waals surface area (Å²) in [5.41, 5.74) is -0.225. The van der Waals surface area contributed by atoms with Gasteiger partial charge in [0.1, 0.15) is 0 Å². The number of aliphatic hydroxyl groups excluding tert-OH is 2. The van der Waals surface area contributed by atoms with Crippen LogP contribution in [0.15, 0.2) is 0 Å². The highest BCUT2D eigenvalue weighted by molar-refractivity contribution is 4.92. The van der Waals surface area contributed by atoms with Crippen LogP contribution >= 0.6 is 0 Å². The Morgan fingerprint density at radius 1 is 1.40 bits per heavy atom. The Morgan fingerprint density at radius 3 is 2.75 bits per heavy atom. The minimum atomic E-state index is -0.560. The molecule has 4 atom stereocenters. The molecule has 5 nitrogen and oxygen atoms in total. The summed E-state index contributed by atoms with van der Waals surface area (Å²) < 4.78 is 10.5. The van der Waals surface area contributed by atoms with E-state index in [2.05, 4.69) is 12.2 Å². The maximum atomic E-state index is 9.96. The Bertz CT molecular complexity index is 264. The number of methoxy groups -OCH3 is 1. The van der Waals surface area contributed by atoms with Crippen molar-refractivity contribution in [1.82, 2.24) is 5.32 Å². The van der Waals surface area contributed by atoms with Crippen molar-refractivity contribution in [3.05, 3.63) is 0 Å². The Balaban J connectivity index is 2.29. The maximum absolute atomic E-state index is 9.96. The van der Waals surface area contributed by atoms with Crippen LogP contribution in [0.5, 0.6) is 0 Å². The first-order chi connectivity index (χ1) is 9.51. The molecule has 0 heterocycles. The van der Waals surface area contributed by atoms with Crippen molar-refractivity contribution in [3.8, 4) is 0 Å². The second-order valence-electron chi connectivity index (χ2n) is 6.27. The molecule has 0 aromatic heterocycles. The average molecular weight is 289 g/mol. The molecule has 0 amide bonds. The number of aliphatic hydroxyl groups is 2. The summed E-state index contributed by atoms with van der Waals surface area (Å²) in [6, 6.07) is 0. The lowest BCUT2D eigenvalue weighted by atomic mass is 9.77. The summed E-state index contributed by atoms with van der Waals surface area (Å²) in [5, 5.41) is 23.0. The molecule has 5 heteroatoms. The smallest absolute Gasteiger partial charge is 0.0898 e. The third-order valence-electron chi connectivity index (χ3n) is 4.08. The van der Waals surface area contributed by atoms with Crippen LogP contribution in [0.3, 0.4) is 0 Å². The fraction of sp³-hybridized carbons (Fsp3) is 1.00. The van der Waals surface area contributed by atoms with Gasteiger partial charge in [-0.25, -0.2) is 0 Å². The van der Waals surface area contributed by atoms with Crippen LogP contribution in [0, 0.1) is 5.92 Å². The zero-order valence-electron chi connectivity index (χ0n) is 13.1. The van der Waals surface area contributed by atoms with Gasteiger partial charge in [0.15, 0.2) is 0 Å². The molecule has 4 unspecified atom stereocenters. The molecule has 1 saturated carbocycles. The van der Waals surface area contributed by atoms with E-state index in [1.54, 1.807) is 7.11 Å². The zero-order chi connectivity index (χ0) is 15.0. The minimum Gasteiger partial charge on any atom is -0.394 e. The van der Waals surface area contributed by atoms with Gasteiger partial charge in [0.05, 0.1) is 32.0 Å². The highest BCUT2D eigenvalue weighted by Crippen LogP contribution is 2.31. The summed E-state index contributed by atoms with van der Waals surface area (Å²) in [6.45, 7) is 5.53. The topological polar surface area (TPSA) is 71.0 Å². The van der Waals surface area contributed by atoms with E-state index in [0.29, 0.717) is 19.1 Å². The molecule has 1 rings (SSSR count). The second kappa shape index (κ2) is 8.95. The molecule has 1 aliphatic rings. The van der Waals surface area contributed by atoms with Crippen LogP contribution in [-0.4, -0.2) is 61.4 Å². The van der Waals surface area contributed by atoms with E-state index in [1.165, 1.54) is 6.42 Å².